The molecule has 0 bridgehead atoms. The maximum absolute atomic E-state index is 5.96. The van der Waals surface area contributed by atoms with E-state index >= 15 is 0 Å². The summed E-state index contributed by atoms with van der Waals surface area (Å²) in [6, 6.07) is 8.31. The van der Waals surface area contributed by atoms with Crippen molar-refractivity contribution in [1.29, 1.82) is 0 Å². The first-order valence-corrected chi connectivity index (χ1v) is 4.86. The quantitative estimate of drug-likeness (QED) is 0.671. The summed E-state index contributed by atoms with van der Waals surface area (Å²) in [5.41, 5.74) is 16.0. The molecule has 0 amide bonds. The molecule has 2 nitrogen and oxygen atoms in total. The zero-order valence-electron chi connectivity index (χ0n) is 8.29. The molecule has 78 valence electrons. The van der Waals surface area contributed by atoms with E-state index in [0.29, 0.717) is 5.69 Å². The maximum Gasteiger partial charge on any atom is 0.0627 e. The van der Waals surface area contributed by atoms with Gasteiger partial charge in [-0.1, -0.05) is 18.2 Å². The lowest BCUT2D eigenvalue weighted by Gasteiger charge is -2.07. The fraction of sp³-hybridized carbons (Fsp3) is 0.167. The van der Waals surface area contributed by atoms with Crippen LogP contribution < -0.4 is 11.5 Å². The maximum atomic E-state index is 5.96. The van der Waals surface area contributed by atoms with Crippen molar-refractivity contribution in [2.75, 3.05) is 11.5 Å². The van der Waals surface area contributed by atoms with E-state index in [1.54, 1.807) is 0 Å². The second-order valence-corrected chi connectivity index (χ2v) is 3.88. The first kappa shape index (κ1) is 10.1. The van der Waals surface area contributed by atoms with Crippen molar-refractivity contribution in [3.63, 3.8) is 0 Å². The molecule has 0 radical (unpaired) electrons. The first-order valence-electron chi connectivity index (χ1n) is 4.86. The van der Waals surface area contributed by atoms with Crippen LogP contribution in [-0.2, 0) is 12.8 Å². The molecule has 0 saturated heterocycles. The normalized spacial score (nSPS) is 12.8. The number of hydrogen-bond acceptors (Lipinski definition) is 2. The minimum atomic E-state index is 0. The summed E-state index contributed by atoms with van der Waals surface area (Å²) in [6.07, 6.45) is 2.22. The van der Waals surface area contributed by atoms with Gasteiger partial charge in [-0.15, -0.1) is 12.4 Å². The Morgan fingerprint density at radius 3 is 2.53 bits per heavy atom. The molecule has 0 saturated carbocycles. The molecule has 3 heteroatoms. The zero-order valence-corrected chi connectivity index (χ0v) is 9.10. The summed E-state index contributed by atoms with van der Waals surface area (Å²) in [5.74, 6) is 0. The summed E-state index contributed by atoms with van der Waals surface area (Å²) in [4.78, 5) is 0. The topological polar surface area (TPSA) is 52.0 Å². The Bertz CT molecular complexity index is 535. The molecule has 0 aliphatic heterocycles. The lowest BCUT2D eigenvalue weighted by molar-refractivity contribution is 1.02. The van der Waals surface area contributed by atoms with Gasteiger partial charge in [-0.2, -0.15) is 0 Å². The van der Waals surface area contributed by atoms with Gasteiger partial charge in [0.25, 0.3) is 0 Å². The first-order chi connectivity index (χ1) is 6.77. The van der Waals surface area contributed by atoms with Crippen molar-refractivity contribution in [1.82, 2.24) is 0 Å². The molecule has 4 N–H and O–H groups in total. The van der Waals surface area contributed by atoms with Gasteiger partial charge in [-0.25, -0.2) is 0 Å². The Kier molecular flexibility index (Phi) is 2.24. The predicted octanol–water partition coefficient (Wildman–Crippen LogP) is 2.52. The number of benzene rings is 2. The highest BCUT2D eigenvalue weighted by Crippen LogP contribution is 2.36. The van der Waals surface area contributed by atoms with Crippen LogP contribution in [-0.4, -0.2) is 0 Å². The third-order valence-corrected chi connectivity index (χ3v) is 3.07. The van der Waals surface area contributed by atoms with Crippen LogP contribution in [0.3, 0.4) is 0 Å². The van der Waals surface area contributed by atoms with E-state index in [1.165, 1.54) is 16.5 Å². The number of nitrogens with two attached hydrogens (primary N) is 2. The molecule has 2 aromatic rings. The zero-order chi connectivity index (χ0) is 9.71. The number of hydrogen-bond donors (Lipinski definition) is 2. The van der Waals surface area contributed by atoms with Gasteiger partial charge in [0.05, 0.1) is 11.4 Å². The number of halogens is 1. The van der Waals surface area contributed by atoms with Gasteiger partial charge in [-0.3, -0.25) is 0 Å². The molecular formula is C12H13ClN2. The smallest absolute Gasteiger partial charge is 0.0627 e. The molecule has 0 atom stereocenters. The van der Waals surface area contributed by atoms with Crippen LogP contribution in [0.25, 0.3) is 10.8 Å². The van der Waals surface area contributed by atoms with Gasteiger partial charge >= 0.3 is 0 Å². The van der Waals surface area contributed by atoms with Crippen LogP contribution in [0.1, 0.15) is 11.1 Å². The fourth-order valence-electron chi connectivity index (χ4n) is 2.37. The van der Waals surface area contributed by atoms with Crippen molar-refractivity contribution in [3.8, 4) is 0 Å². The van der Waals surface area contributed by atoms with Crippen molar-refractivity contribution in [3.05, 3.63) is 35.4 Å². The molecule has 1 aliphatic carbocycles. The Labute approximate surface area is 94.7 Å². The number of anilines is 2. The fourth-order valence-corrected chi connectivity index (χ4v) is 2.37. The predicted molar refractivity (Wildman–Crippen MR) is 67.4 cm³/mol. The van der Waals surface area contributed by atoms with Gasteiger partial charge in [0.2, 0.25) is 0 Å². The van der Waals surface area contributed by atoms with Crippen molar-refractivity contribution < 1.29 is 0 Å². The summed E-state index contributed by atoms with van der Waals surface area (Å²) in [7, 11) is 0. The molecular weight excluding hydrogens is 208 g/mol. The van der Waals surface area contributed by atoms with E-state index in [2.05, 4.69) is 18.2 Å². The Hall–Kier alpha value is -1.41. The van der Waals surface area contributed by atoms with Crippen LogP contribution in [0.4, 0.5) is 11.4 Å². The molecule has 2 aromatic carbocycles. The number of nitrogen functional groups attached to an aromatic ring is 2. The average molecular weight is 221 g/mol. The number of rotatable bonds is 0. The minimum absolute atomic E-state index is 0. The van der Waals surface area contributed by atoms with Gasteiger partial charge in [-0.05, 0) is 35.4 Å². The van der Waals surface area contributed by atoms with Crippen LogP contribution in [0.15, 0.2) is 24.3 Å². The third kappa shape index (κ3) is 1.25. The largest absolute Gasteiger partial charge is 0.397 e. The summed E-state index contributed by atoms with van der Waals surface area (Å²) in [5, 5.41) is 2.45. The molecule has 0 unspecified atom stereocenters. The second kappa shape index (κ2) is 3.31. The van der Waals surface area contributed by atoms with Crippen molar-refractivity contribution >= 4 is 34.6 Å². The molecule has 0 spiro atoms. The van der Waals surface area contributed by atoms with Gasteiger partial charge in [0, 0.05) is 5.39 Å². The average Bonchev–Trinajstić information content (AvgIpc) is 2.59. The van der Waals surface area contributed by atoms with Crippen LogP contribution in [0.2, 0.25) is 0 Å². The minimum Gasteiger partial charge on any atom is -0.397 e. The Morgan fingerprint density at radius 1 is 1.00 bits per heavy atom. The van der Waals surface area contributed by atoms with E-state index in [-0.39, 0.29) is 12.4 Å². The molecule has 0 heterocycles. The Morgan fingerprint density at radius 2 is 1.73 bits per heavy atom. The van der Waals surface area contributed by atoms with E-state index in [4.69, 9.17) is 11.5 Å². The van der Waals surface area contributed by atoms with Crippen LogP contribution in [0.5, 0.6) is 0 Å². The van der Waals surface area contributed by atoms with Crippen LogP contribution >= 0.6 is 12.4 Å². The van der Waals surface area contributed by atoms with Crippen molar-refractivity contribution in [2.24, 2.45) is 0 Å². The lowest BCUT2D eigenvalue weighted by Crippen LogP contribution is -1.96. The highest BCUT2D eigenvalue weighted by molar-refractivity contribution is 6.03. The van der Waals surface area contributed by atoms with Gasteiger partial charge in [0.1, 0.15) is 0 Å². The Balaban J connectivity index is 0.000000853. The lowest BCUT2D eigenvalue weighted by atomic mass is 10.0. The summed E-state index contributed by atoms with van der Waals surface area (Å²) >= 11 is 0. The van der Waals surface area contributed by atoms with Gasteiger partial charge in [0.15, 0.2) is 0 Å². The highest BCUT2D eigenvalue weighted by Gasteiger charge is 2.16. The van der Waals surface area contributed by atoms with E-state index < -0.39 is 0 Å². The van der Waals surface area contributed by atoms with E-state index in [0.717, 1.165) is 23.9 Å². The monoisotopic (exact) mass is 220 g/mol. The molecule has 1 aliphatic rings. The molecule has 0 aromatic heterocycles. The number of aryl methyl sites for hydroxylation is 2. The molecule has 0 fully saturated rings. The standard InChI is InChI=1S/C12H12N2.ClH/c13-10-6-8-5-4-7-2-1-3-9(11(7)8)12(10)14;/h1-3,6H,4-5,13-14H2;1H. The summed E-state index contributed by atoms with van der Waals surface area (Å²) in [6.45, 7) is 0. The van der Waals surface area contributed by atoms with Gasteiger partial charge < -0.3 is 11.5 Å². The third-order valence-electron chi connectivity index (χ3n) is 3.07. The van der Waals surface area contributed by atoms with Crippen LogP contribution in [0, 0.1) is 0 Å². The second-order valence-electron chi connectivity index (χ2n) is 3.88. The van der Waals surface area contributed by atoms with E-state index in [9.17, 15) is 0 Å². The molecule has 15 heavy (non-hydrogen) atoms. The molecule has 3 rings (SSSR count). The highest BCUT2D eigenvalue weighted by atomic mass is 35.5. The van der Waals surface area contributed by atoms with E-state index in [1.807, 2.05) is 6.07 Å². The SMILES string of the molecule is Cl.Nc1cc2c3c(cccc3c1N)CC2. The summed E-state index contributed by atoms with van der Waals surface area (Å²) < 4.78 is 0. The van der Waals surface area contributed by atoms with Crippen molar-refractivity contribution in [2.45, 2.75) is 12.8 Å².